The first-order chi connectivity index (χ1) is 14.7. The van der Waals surface area contributed by atoms with E-state index < -0.39 is 0 Å². The topological polar surface area (TPSA) is 55.3 Å². The molecule has 0 amide bonds. The largest absolute Gasteiger partial charge is 0.380 e. The number of guanidine groups is 1. The lowest BCUT2D eigenvalue weighted by Gasteiger charge is -2.35. The van der Waals surface area contributed by atoms with Gasteiger partial charge in [-0.15, -0.1) is 24.0 Å². The van der Waals surface area contributed by atoms with Crippen LogP contribution in [0.4, 0.5) is 4.39 Å². The van der Waals surface area contributed by atoms with Crippen molar-refractivity contribution in [3.63, 3.8) is 0 Å². The molecule has 0 radical (unpaired) electrons. The zero-order valence-corrected chi connectivity index (χ0v) is 21.1. The fourth-order valence-electron chi connectivity index (χ4n) is 4.00. The third-order valence-electron chi connectivity index (χ3n) is 5.69. The molecule has 176 valence electrons. The minimum atomic E-state index is -0.239. The predicted molar refractivity (Wildman–Crippen MR) is 131 cm³/mol. The molecule has 2 aliphatic heterocycles. The van der Waals surface area contributed by atoms with Crippen LogP contribution in [0.3, 0.4) is 0 Å². The Bertz CT molecular complexity index is 678. The van der Waals surface area contributed by atoms with Gasteiger partial charge in [0.1, 0.15) is 5.82 Å². The van der Waals surface area contributed by atoms with Gasteiger partial charge in [-0.25, -0.2) is 9.38 Å². The van der Waals surface area contributed by atoms with Crippen LogP contribution in [-0.2, 0) is 27.4 Å². The molecule has 0 aromatic heterocycles. The van der Waals surface area contributed by atoms with Crippen LogP contribution >= 0.6 is 24.0 Å². The van der Waals surface area contributed by atoms with Gasteiger partial charge in [-0.05, 0) is 56.7 Å². The zero-order valence-electron chi connectivity index (χ0n) is 18.8. The molecule has 1 aromatic carbocycles. The monoisotopic (exact) mass is 549 g/mol. The van der Waals surface area contributed by atoms with Crippen molar-refractivity contribution < 1.29 is 18.6 Å². The lowest BCUT2D eigenvalue weighted by molar-refractivity contribution is -0.0721. The van der Waals surface area contributed by atoms with Gasteiger partial charge in [-0.3, -0.25) is 0 Å². The highest BCUT2D eigenvalue weighted by atomic mass is 127. The van der Waals surface area contributed by atoms with E-state index in [1.54, 1.807) is 13.2 Å². The summed E-state index contributed by atoms with van der Waals surface area (Å²) in [7, 11) is 1.57. The van der Waals surface area contributed by atoms with Gasteiger partial charge in [0.05, 0.1) is 32.0 Å². The van der Waals surface area contributed by atoms with Gasteiger partial charge >= 0.3 is 0 Å². The first kappa shape index (κ1) is 26.3. The number of piperidine rings is 1. The standard InChI is InChI=1S/C23H36FN3O3.HI/c1-3-25-23(26-15-18-7-8-22(24)19(14-18)16-28-2)27-11-9-20(10-12-27)30-17-21-6-4-5-13-29-21;/h7-8,14,20-21H,3-6,9-13,15-17H2,1-2H3,(H,25,26);1H. The second-order valence-electron chi connectivity index (χ2n) is 8.04. The summed E-state index contributed by atoms with van der Waals surface area (Å²) in [5.74, 6) is 0.668. The number of nitrogens with zero attached hydrogens (tertiary/aromatic N) is 2. The third kappa shape index (κ3) is 8.47. The molecule has 1 unspecified atom stereocenters. The maximum absolute atomic E-state index is 13.8. The number of benzene rings is 1. The summed E-state index contributed by atoms with van der Waals surface area (Å²) < 4.78 is 30.8. The fraction of sp³-hybridized carbons (Fsp3) is 0.696. The van der Waals surface area contributed by atoms with Crippen molar-refractivity contribution >= 4 is 29.9 Å². The normalized spacial score (nSPS) is 20.4. The number of halogens is 2. The molecule has 0 saturated carbocycles. The van der Waals surface area contributed by atoms with Crippen LogP contribution in [0.5, 0.6) is 0 Å². The van der Waals surface area contributed by atoms with Gasteiger partial charge in [-0.2, -0.15) is 0 Å². The van der Waals surface area contributed by atoms with Crippen molar-refractivity contribution in [1.82, 2.24) is 10.2 Å². The number of aliphatic imine (C=N–C) groups is 1. The van der Waals surface area contributed by atoms with E-state index in [-0.39, 0.29) is 42.5 Å². The molecular formula is C23H37FIN3O3. The predicted octanol–water partition coefficient (Wildman–Crippen LogP) is 4.11. The number of rotatable bonds is 8. The van der Waals surface area contributed by atoms with Crippen molar-refractivity contribution in [1.29, 1.82) is 0 Å². The van der Waals surface area contributed by atoms with Crippen molar-refractivity contribution in [2.24, 2.45) is 4.99 Å². The highest BCUT2D eigenvalue weighted by Crippen LogP contribution is 2.18. The number of hydrogen-bond donors (Lipinski definition) is 1. The smallest absolute Gasteiger partial charge is 0.194 e. The molecule has 8 heteroatoms. The number of likely N-dealkylation sites (tertiary alicyclic amines) is 1. The van der Waals surface area contributed by atoms with Crippen LogP contribution in [0.15, 0.2) is 23.2 Å². The van der Waals surface area contributed by atoms with Crippen LogP contribution in [0.25, 0.3) is 0 Å². The Balaban J connectivity index is 0.00000341. The van der Waals surface area contributed by atoms with Crippen molar-refractivity contribution in [3.05, 3.63) is 35.1 Å². The Kier molecular flexibility index (Phi) is 12.1. The first-order valence-electron chi connectivity index (χ1n) is 11.2. The van der Waals surface area contributed by atoms with Crippen LogP contribution in [0, 0.1) is 5.82 Å². The van der Waals surface area contributed by atoms with E-state index >= 15 is 0 Å². The maximum atomic E-state index is 13.8. The van der Waals surface area contributed by atoms with Crippen molar-refractivity contribution in [2.75, 3.05) is 40.0 Å². The SMILES string of the molecule is CCNC(=NCc1ccc(F)c(COC)c1)N1CCC(OCC2CCCCO2)CC1.I. The van der Waals surface area contributed by atoms with Gasteiger partial charge < -0.3 is 24.4 Å². The Hall–Kier alpha value is -0.970. The summed E-state index contributed by atoms with van der Waals surface area (Å²) in [5.41, 5.74) is 1.54. The van der Waals surface area contributed by atoms with Gasteiger partial charge in [0.25, 0.3) is 0 Å². The summed E-state index contributed by atoms with van der Waals surface area (Å²) in [6.45, 7) is 7.08. The number of nitrogens with one attached hydrogen (secondary N) is 1. The molecule has 2 heterocycles. The first-order valence-corrected chi connectivity index (χ1v) is 11.2. The fourth-order valence-corrected chi connectivity index (χ4v) is 4.00. The molecule has 2 aliphatic rings. The Morgan fingerprint density at radius 3 is 2.74 bits per heavy atom. The summed E-state index contributed by atoms with van der Waals surface area (Å²) in [4.78, 5) is 7.08. The average molecular weight is 549 g/mol. The van der Waals surface area contributed by atoms with E-state index in [1.165, 1.54) is 18.9 Å². The third-order valence-corrected chi connectivity index (χ3v) is 5.69. The average Bonchev–Trinajstić information content (AvgIpc) is 2.78. The molecular weight excluding hydrogens is 512 g/mol. The maximum Gasteiger partial charge on any atom is 0.194 e. The Labute approximate surface area is 202 Å². The van der Waals surface area contributed by atoms with E-state index in [4.69, 9.17) is 19.2 Å². The minimum Gasteiger partial charge on any atom is -0.380 e. The second kappa shape index (κ2) is 14.2. The van der Waals surface area contributed by atoms with Gasteiger partial charge in [0.2, 0.25) is 0 Å². The van der Waals surface area contributed by atoms with Gasteiger partial charge in [0, 0.05) is 38.9 Å². The zero-order chi connectivity index (χ0) is 21.2. The van der Waals surface area contributed by atoms with Crippen LogP contribution in [-0.4, -0.2) is 63.0 Å². The lowest BCUT2D eigenvalue weighted by Crippen LogP contribution is -2.47. The molecule has 1 atom stereocenters. The lowest BCUT2D eigenvalue weighted by atomic mass is 10.1. The highest BCUT2D eigenvalue weighted by Gasteiger charge is 2.23. The van der Waals surface area contributed by atoms with Crippen LogP contribution in [0.2, 0.25) is 0 Å². The molecule has 31 heavy (non-hydrogen) atoms. The quantitative estimate of drug-likeness (QED) is 0.301. The van der Waals surface area contributed by atoms with E-state index in [2.05, 4.69) is 17.1 Å². The number of hydrogen-bond acceptors (Lipinski definition) is 4. The highest BCUT2D eigenvalue weighted by molar-refractivity contribution is 14.0. The minimum absolute atomic E-state index is 0. The molecule has 0 bridgehead atoms. The van der Waals surface area contributed by atoms with E-state index in [9.17, 15) is 4.39 Å². The molecule has 0 aliphatic carbocycles. The summed E-state index contributed by atoms with van der Waals surface area (Å²) >= 11 is 0. The van der Waals surface area contributed by atoms with E-state index in [0.717, 1.165) is 57.0 Å². The summed E-state index contributed by atoms with van der Waals surface area (Å²) in [6.07, 6.45) is 6.09. The molecule has 2 fully saturated rings. The molecule has 6 nitrogen and oxygen atoms in total. The second-order valence-corrected chi connectivity index (χ2v) is 8.04. The van der Waals surface area contributed by atoms with Crippen molar-refractivity contribution in [2.45, 2.75) is 64.4 Å². The summed E-state index contributed by atoms with van der Waals surface area (Å²) in [5, 5.41) is 3.39. The Morgan fingerprint density at radius 2 is 2.06 bits per heavy atom. The number of ether oxygens (including phenoxy) is 3. The van der Waals surface area contributed by atoms with Crippen molar-refractivity contribution in [3.8, 4) is 0 Å². The molecule has 0 spiro atoms. The molecule has 1 aromatic rings. The Morgan fingerprint density at radius 1 is 1.26 bits per heavy atom. The van der Waals surface area contributed by atoms with Gasteiger partial charge in [-0.1, -0.05) is 6.07 Å². The molecule has 1 N–H and O–H groups in total. The van der Waals surface area contributed by atoms with E-state index in [1.807, 2.05) is 6.07 Å². The number of methoxy groups -OCH3 is 1. The van der Waals surface area contributed by atoms with E-state index in [0.29, 0.717) is 24.8 Å². The summed E-state index contributed by atoms with van der Waals surface area (Å²) in [6, 6.07) is 5.11. The molecule has 2 saturated heterocycles. The molecule has 3 rings (SSSR count). The van der Waals surface area contributed by atoms with Gasteiger partial charge in [0.15, 0.2) is 5.96 Å². The van der Waals surface area contributed by atoms with Crippen LogP contribution in [0.1, 0.15) is 50.2 Å². The van der Waals surface area contributed by atoms with Crippen LogP contribution < -0.4 is 5.32 Å².